The van der Waals surface area contributed by atoms with Crippen molar-refractivity contribution in [3.8, 4) is 11.3 Å². The number of carbonyl (C=O) groups is 2. The van der Waals surface area contributed by atoms with E-state index in [1.807, 2.05) is 44.2 Å². The van der Waals surface area contributed by atoms with Crippen LogP contribution in [0.25, 0.3) is 11.3 Å². The molecule has 0 unspecified atom stereocenters. The van der Waals surface area contributed by atoms with E-state index in [4.69, 9.17) is 16.3 Å². The molecule has 0 atom stereocenters. The fraction of sp³-hybridized carbons (Fsp3) is 0.227. The Morgan fingerprint density at radius 3 is 2.48 bits per heavy atom. The van der Waals surface area contributed by atoms with Crippen molar-refractivity contribution < 1.29 is 14.3 Å². The zero-order valence-electron chi connectivity index (χ0n) is 16.5. The van der Waals surface area contributed by atoms with Crippen LogP contribution in [-0.4, -0.2) is 28.3 Å². The second-order valence-corrected chi connectivity index (χ2v) is 7.29. The van der Waals surface area contributed by atoms with Gasteiger partial charge in [-0.25, -0.2) is 0 Å². The minimum atomic E-state index is -0.449. The van der Waals surface area contributed by atoms with Crippen LogP contribution in [0.1, 0.15) is 16.7 Å². The Morgan fingerprint density at radius 1 is 1.07 bits per heavy atom. The van der Waals surface area contributed by atoms with Gasteiger partial charge in [0, 0.05) is 23.7 Å². The highest BCUT2D eigenvalue weighted by molar-refractivity contribution is 6.30. The highest BCUT2D eigenvalue weighted by Crippen LogP contribution is 2.23. The topological polar surface area (TPSA) is 73.2 Å². The number of nitrogens with zero attached hydrogens (tertiary/aromatic N) is 2. The minimum Gasteiger partial charge on any atom is -0.455 e. The van der Waals surface area contributed by atoms with Crippen molar-refractivity contribution >= 4 is 29.3 Å². The third kappa shape index (κ3) is 5.45. The number of carbonyl (C=O) groups excluding carboxylic acids is 2. The lowest BCUT2D eigenvalue weighted by Crippen LogP contribution is -2.22. The number of halogens is 1. The van der Waals surface area contributed by atoms with Gasteiger partial charge in [-0.05, 0) is 42.7 Å². The van der Waals surface area contributed by atoms with Gasteiger partial charge in [0.1, 0.15) is 5.82 Å². The average Bonchev–Trinajstić information content (AvgIpc) is 3.04. The maximum atomic E-state index is 12.2. The molecule has 0 saturated heterocycles. The zero-order valence-corrected chi connectivity index (χ0v) is 17.3. The van der Waals surface area contributed by atoms with Crippen molar-refractivity contribution in [3.05, 3.63) is 70.2 Å². The van der Waals surface area contributed by atoms with E-state index < -0.39 is 11.9 Å². The second kappa shape index (κ2) is 8.92. The number of amides is 1. The molecule has 0 aliphatic heterocycles. The van der Waals surface area contributed by atoms with E-state index in [0.717, 1.165) is 22.3 Å². The number of aromatic nitrogens is 2. The Hall–Kier alpha value is -3.12. The van der Waals surface area contributed by atoms with Gasteiger partial charge in [0.05, 0.1) is 12.1 Å². The lowest BCUT2D eigenvalue weighted by atomic mass is 10.0. The van der Waals surface area contributed by atoms with E-state index in [1.54, 1.807) is 29.9 Å². The van der Waals surface area contributed by atoms with E-state index in [2.05, 4.69) is 10.4 Å². The van der Waals surface area contributed by atoms with Crippen molar-refractivity contribution in [1.82, 2.24) is 9.78 Å². The highest BCUT2D eigenvalue weighted by Gasteiger charge is 2.13. The molecule has 1 aromatic heterocycles. The maximum Gasteiger partial charge on any atom is 0.310 e. The maximum absolute atomic E-state index is 12.2. The number of hydrogen-bond acceptors (Lipinski definition) is 4. The minimum absolute atomic E-state index is 0.126. The molecule has 2 aromatic carbocycles. The van der Waals surface area contributed by atoms with Gasteiger partial charge in [0.25, 0.3) is 5.91 Å². The largest absolute Gasteiger partial charge is 0.455 e. The number of anilines is 1. The Kier molecular flexibility index (Phi) is 6.34. The molecular weight excluding hydrogens is 390 g/mol. The van der Waals surface area contributed by atoms with Crippen molar-refractivity contribution in [1.29, 1.82) is 0 Å². The van der Waals surface area contributed by atoms with Crippen LogP contribution in [0.5, 0.6) is 0 Å². The number of nitrogens with one attached hydrogen (secondary N) is 1. The molecule has 6 nitrogen and oxygen atoms in total. The average molecular weight is 412 g/mol. The Bertz CT molecular complexity index is 1040. The molecule has 0 saturated carbocycles. The van der Waals surface area contributed by atoms with E-state index in [-0.39, 0.29) is 13.0 Å². The molecular formula is C22H22ClN3O3. The van der Waals surface area contributed by atoms with E-state index in [9.17, 15) is 9.59 Å². The summed E-state index contributed by atoms with van der Waals surface area (Å²) in [5.41, 5.74) is 4.71. The van der Waals surface area contributed by atoms with Crippen molar-refractivity contribution in [3.63, 3.8) is 0 Å². The van der Waals surface area contributed by atoms with Gasteiger partial charge in [-0.3, -0.25) is 14.3 Å². The summed E-state index contributed by atoms with van der Waals surface area (Å²) in [6, 6.07) is 14.8. The lowest BCUT2D eigenvalue weighted by molar-refractivity contribution is -0.146. The first-order valence-electron chi connectivity index (χ1n) is 9.13. The Morgan fingerprint density at radius 2 is 1.79 bits per heavy atom. The lowest BCUT2D eigenvalue weighted by Gasteiger charge is -2.07. The first-order valence-corrected chi connectivity index (χ1v) is 9.51. The first kappa shape index (κ1) is 20.6. The van der Waals surface area contributed by atoms with Gasteiger partial charge in [-0.2, -0.15) is 5.10 Å². The molecule has 0 bridgehead atoms. The first-order chi connectivity index (χ1) is 13.8. The molecule has 1 amide bonds. The SMILES string of the molecule is Cc1ccc(CC(=O)OCC(=O)Nc2cc(-c3ccc(Cl)cc3)nn2C)cc1C. The predicted octanol–water partition coefficient (Wildman–Crippen LogP) is 4.08. The molecule has 1 N–H and O–H groups in total. The van der Waals surface area contributed by atoms with Crippen LogP contribution in [-0.2, 0) is 27.8 Å². The summed E-state index contributed by atoms with van der Waals surface area (Å²) in [4.78, 5) is 24.2. The fourth-order valence-electron chi connectivity index (χ4n) is 2.80. The van der Waals surface area contributed by atoms with Crippen LogP contribution < -0.4 is 5.32 Å². The summed E-state index contributed by atoms with van der Waals surface area (Å²) in [6.45, 7) is 3.65. The molecule has 1 heterocycles. The van der Waals surface area contributed by atoms with Gasteiger partial charge in [0.2, 0.25) is 0 Å². The number of aryl methyl sites for hydroxylation is 3. The van der Waals surface area contributed by atoms with E-state index in [1.165, 1.54) is 0 Å². The number of hydrogen-bond donors (Lipinski definition) is 1. The van der Waals surface area contributed by atoms with Crippen molar-refractivity contribution in [2.45, 2.75) is 20.3 Å². The predicted molar refractivity (Wildman–Crippen MR) is 113 cm³/mol. The molecule has 0 aliphatic carbocycles. The van der Waals surface area contributed by atoms with Crippen LogP contribution >= 0.6 is 11.6 Å². The standard InChI is InChI=1S/C22H22ClN3O3/c1-14-4-5-16(10-15(14)2)11-22(28)29-13-21(27)24-20-12-19(25-26(20)3)17-6-8-18(23)9-7-17/h4-10,12H,11,13H2,1-3H3,(H,24,27). The molecule has 7 heteroatoms. The number of benzene rings is 2. The van der Waals surface area contributed by atoms with Crippen molar-refractivity contribution in [2.75, 3.05) is 11.9 Å². The van der Waals surface area contributed by atoms with Gasteiger partial charge in [-0.15, -0.1) is 0 Å². The molecule has 0 radical (unpaired) electrons. The summed E-state index contributed by atoms with van der Waals surface area (Å²) >= 11 is 5.91. The molecule has 3 rings (SSSR count). The van der Waals surface area contributed by atoms with Crippen LogP contribution in [0, 0.1) is 13.8 Å². The molecule has 29 heavy (non-hydrogen) atoms. The monoisotopic (exact) mass is 411 g/mol. The van der Waals surface area contributed by atoms with Crippen LogP contribution in [0.3, 0.4) is 0 Å². The molecule has 150 valence electrons. The van der Waals surface area contributed by atoms with Gasteiger partial charge < -0.3 is 10.1 Å². The summed E-state index contributed by atoms with van der Waals surface area (Å²) in [5.74, 6) is -0.371. The smallest absolute Gasteiger partial charge is 0.310 e. The summed E-state index contributed by atoms with van der Waals surface area (Å²) < 4.78 is 6.65. The fourth-order valence-corrected chi connectivity index (χ4v) is 2.93. The van der Waals surface area contributed by atoms with Crippen LogP contribution in [0.2, 0.25) is 5.02 Å². The Balaban J connectivity index is 1.54. The third-order valence-electron chi connectivity index (χ3n) is 4.57. The number of ether oxygens (including phenoxy) is 1. The van der Waals surface area contributed by atoms with Crippen LogP contribution in [0.15, 0.2) is 48.5 Å². The second-order valence-electron chi connectivity index (χ2n) is 6.85. The molecule has 0 spiro atoms. The van der Waals surface area contributed by atoms with E-state index in [0.29, 0.717) is 16.5 Å². The van der Waals surface area contributed by atoms with Crippen molar-refractivity contribution in [2.24, 2.45) is 7.05 Å². The van der Waals surface area contributed by atoms with Gasteiger partial charge in [-0.1, -0.05) is 41.9 Å². The van der Waals surface area contributed by atoms with E-state index >= 15 is 0 Å². The van der Waals surface area contributed by atoms with Gasteiger partial charge >= 0.3 is 5.97 Å². The molecule has 0 fully saturated rings. The summed E-state index contributed by atoms with van der Waals surface area (Å²) in [7, 11) is 1.72. The quantitative estimate of drug-likeness (QED) is 0.620. The highest BCUT2D eigenvalue weighted by atomic mass is 35.5. The zero-order chi connectivity index (χ0) is 21.0. The number of rotatable bonds is 6. The molecule has 3 aromatic rings. The van der Waals surface area contributed by atoms with Gasteiger partial charge in [0.15, 0.2) is 6.61 Å². The normalized spacial score (nSPS) is 10.6. The molecule has 0 aliphatic rings. The Labute approximate surface area is 174 Å². The third-order valence-corrected chi connectivity index (χ3v) is 4.82. The summed E-state index contributed by atoms with van der Waals surface area (Å²) in [5, 5.41) is 7.73. The summed E-state index contributed by atoms with van der Waals surface area (Å²) in [6.07, 6.45) is 0.126. The van der Waals surface area contributed by atoms with Crippen LogP contribution in [0.4, 0.5) is 5.82 Å². The number of esters is 1.